The van der Waals surface area contributed by atoms with E-state index in [2.05, 4.69) is 9.80 Å². The van der Waals surface area contributed by atoms with Crippen molar-refractivity contribution < 1.29 is 66.8 Å². The van der Waals surface area contributed by atoms with Gasteiger partial charge in [0.15, 0.2) is 24.4 Å². The molecule has 4 saturated carbocycles. The molecule has 9 rings (SSSR count). The van der Waals surface area contributed by atoms with Crippen molar-refractivity contribution in [1.82, 2.24) is 19.6 Å². The number of hydrogen-bond acceptors (Lipinski definition) is 16. The maximum atomic E-state index is 15.0. The van der Waals surface area contributed by atoms with Crippen LogP contribution in [0, 0.1) is 23.7 Å². The maximum Gasteiger partial charge on any atom is 0.329 e. The van der Waals surface area contributed by atoms with Crippen molar-refractivity contribution in [2.24, 2.45) is 23.7 Å². The predicted octanol–water partition coefficient (Wildman–Crippen LogP) is 4.35. The first-order valence-electron chi connectivity index (χ1n) is 29.1. The Labute approximate surface area is 469 Å². The minimum atomic E-state index is -1.46. The number of amides is 4. The topological polar surface area (TPSA) is 211 Å². The summed E-state index contributed by atoms with van der Waals surface area (Å²) in [4.78, 5) is 127. The molecule has 4 aliphatic carbocycles. The molecule has 20 nitrogen and oxygen atoms in total. The first kappa shape index (κ1) is 58.4. The zero-order valence-electron chi connectivity index (χ0n) is 47.5. The molecule has 2 aromatic carbocycles. The number of ether oxygens (including phenoxy) is 6. The second kappa shape index (κ2) is 26.1. The lowest BCUT2D eigenvalue weighted by molar-refractivity contribution is -0.176. The van der Waals surface area contributed by atoms with E-state index in [-0.39, 0.29) is 62.2 Å². The van der Waals surface area contributed by atoms with Gasteiger partial charge in [0, 0.05) is 78.6 Å². The Morgan fingerprint density at radius 3 is 0.912 bits per heavy atom. The number of anilines is 2. The van der Waals surface area contributed by atoms with Crippen LogP contribution < -0.4 is 9.80 Å². The fourth-order valence-electron chi connectivity index (χ4n) is 11.1. The average molecular weight is 1110 g/mol. The number of cyclic esters (lactones) is 4. The number of morpholine rings is 2. The molecule has 80 heavy (non-hydrogen) atoms. The minimum absolute atomic E-state index is 0.0693. The Hall–Kier alpha value is -6.28. The number of carbonyl (C=O) groups excluding carboxylic acids is 8. The fourth-order valence-corrected chi connectivity index (χ4v) is 11.1. The number of carbonyl (C=O) groups is 8. The number of hydrogen-bond donors (Lipinski definition) is 0. The van der Waals surface area contributed by atoms with Crippen molar-refractivity contribution in [3.63, 3.8) is 0 Å². The lowest BCUT2D eigenvalue weighted by Crippen LogP contribution is -2.54. The highest BCUT2D eigenvalue weighted by atomic mass is 16.6. The highest BCUT2D eigenvalue weighted by molar-refractivity contribution is 5.94. The summed E-state index contributed by atoms with van der Waals surface area (Å²) < 4.78 is 35.6. The van der Waals surface area contributed by atoms with Crippen molar-refractivity contribution >= 4 is 58.9 Å². The first-order chi connectivity index (χ1) is 38.4. The molecule has 20 heteroatoms. The Balaban J connectivity index is 1.04. The van der Waals surface area contributed by atoms with E-state index in [4.69, 9.17) is 28.4 Å². The molecule has 0 unspecified atom stereocenters. The van der Waals surface area contributed by atoms with Crippen LogP contribution >= 0.6 is 0 Å². The van der Waals surface area contributed by atoms with Crippen molar-refractivity contribution in [3.8, 4) is 0 Å². The Kier molecular flexibility index (Phi) is 19.0. The summed E-state index contributed by atoms with van der Waals surface area (Å²) in [7, 11) is 5.81. The molecule has 0 spiro atoms. The summed E-state index contributed by atoms with van der Waals surface area (Å²) in [5.74, 6) is -5.73. The van der Waals surface area contributed by atoms with E-state index >= 15 is 9.59 Å². The number of benzene rings is 2. The lowest BCUT2D eigenvalue weighted by atomic mass is 10.0. The van der Waals surface area contributed by atoms with E-state index < -0.39 is 96.1 Å². The van der Waals surface area contributed by atoms with Gasteiger partial charge in [0.1, 0.15) is 24.2 Å². The summed E-state index contributed by atoms with van der Waals surface area (Å²) in [5.41, 5.74) is 3.28. The van der Waals surface area contributed by atoms with Crippen molar-refractivity contribution in [1.29, 1.82) is 0 Å². The Morgan fingerprint density at radius 2 is 0.637 bits per heavy atom. The van der Waals surface area contributed by atoms with Gasteiger partial charge in [-0.3, -0.25) is 19.2 Å². The lowest BCUT2D eigenvalue weighted by Gasteiger charge is -2.35. The van der Waals surface area contributed by atoms with Gasteiger partial charge in [-0.25, -0.2) is 19.2 Å². The van der Waals surface area contributed by atoms with Gasteiger partial charge in [0.2, 0.25) is 0 Å². The highest BCUT2D eigenvalue weighted by Crippen LogP contribution is 2.39. The number of rotatable bonds is 14. The highest BCUT2D eigenvalue weighted by Gasteiger charge is 2.46. The third kappa shape index (κ3) is 15.2. The second-order valence-corrected chi connectivity index (χ2v) is 23.5. The number of esters is 4. The molecule has 0 bridgehead atoms. The summed E-state index contributed by atoms with van der Waals surface area (Å²) in [6.45, 7) is 8.07. The molecule has 7 aliphatic rings. The SMILES string of the molecule is C[C@H]1OC(=O)[C@H](CC2CC2)N(C)C(=O)[C@@H](Cc2ccc(N3CCOCC3)cc2)OC(=O)[C@H](CC2CC2)N(C)C(=O)[C@@H](C)OC(=O)[C@H](CC2CC2)N(C)C(=O)[C@@H](Cc2ccc(N3CCOCC3)cc2)OC(=O)[C@H](CC2CC2)N(C)C1=O. The van der Waals surface area contributed by atoms with E-state index in [0.717, 1.165) is 62.7 Å². The quantitative estimate of drug-likeness (QED) is 0.190. The fraction of sp³-hybridized carbons (Fsp3) is 0.667. The van der Waals surface area contributed by atoms with E-state index in [1.54, 1.807) is 0 Å². The van der Waals surface area contributed by atoms with Gasteiger partial charge < -0.3 is 57.8 Å². The van der Waals surface area contributed by atoms with Crippen molar-refractivity contribution in [3.05, 3.63) is 59.7 Å². The van der Waals surface area contributed by atoms with E-state index in [0.29, 0.717) is 63.7 Å². The molecule has 3 heterocycles. The molecule has 436 valence electrons. The van der Waals surface area contributed by atoms with Gasteiger partial charge in [-0.15, -0.1) is 0 Å². The maximum absolute atomic E-state index is 15.0. The van der Waals surface area contributed by atoms with Crippen LogP contribution in [0.5, 0.6) is 0 Å². The van der Waals surface area contributed by atoms with Crippen LogP contribution in [0.15, 0.2) is 48.5 Å². The first-order valence-corrected chi connectivity index (χ1v) is 29.1. The standard InChI is InChI=1S/C60H82N6O14/c1-37-53(67)61(3)49(33-41-11-12-41)59(73)79-52(36-44-17-21-46(22-18-44)66-25-29-76-30-26-66)56(70)64(6)48(32-40-9-10-40)58(72)78-38(2)54(68)62(4)50(34-42-13-14-42)60(74)80-51(55(69)63(5)47(57(71)77-37)31-39-7-8-39)35-43-15-19-45(20-16-43)65-23-27-75-28-24-65/h15-22,37-42,47-52H,7-14,23-36H2,1-6H3/t37-,38-,47+,48+,49+,50+,51-,52-/m1/s1. The molecule has 0 N–H and O–H groups in total. The van der Waals surface area contributed by atoms with E-state index in [9.17, 15) is 28.8 Å². The largest absolute Gasteiger partial charge is 0.451 e. The van der Waals surface area contributed by atoms with Crippen molar-refractivity contribution in [2.75, 3.05) is 90.6 Å². The molecule has 8 atom stereocenters. The van der Waals surface area contributed by atoms with Gasteiger partial charge in [0.05, 0.1) is 26.4 Å². The zero-order chi connectivity index (χ0) is 56.8. The van der Waals surface area contributed by atoms with Crippen LogP contribution in [0.4, 0.5) is 11.4 Å². The smallest absolute Gasteiger partial charge is 0.329 e. The van der Waals surface area contributed by atoms with Crippen LogP contribution in [-0.4, -0.2) is 196 Å². The second-order valence-electron chi connectivity index (χ2n) is 23.5. The molecule has 4 amide bonds. The monoisotopic (exact) mass is 1110 g/mol. The van der Waals surface area contributed by atoms with Crippen LogP contribution in [0.2, 0.25) is 0 Å². The molecule has 3 aliphatic heterocycles. The normalized spacial score (nSPS) is 29.0. The molecule has 0 radical (unpaired) electrons. The van der Waals surface area contributed by atoms with E-state index in [1.165, 1.54) is 61.6 Å². The summed E-state index contributed by atoms with van der Waals surface area (Å²) >= 11 is 0. The Bertz CT molecular complexity index is 2340. The van der Waals surface area contributed by atoms with Gasteiger partial charge in [-0.05, 0) is 98.6 Å². The molecular weight excluding hydrogens is 1030 g/mol. The van der Waals surface area contributed by atoms with Gasteiger partial charge in [-0.1, -0.05) is 75.6 Å². The Morgan fingerprint density at radius 1 is 0.375 bits per heavy atom. The number of nitrogens with zero attached hydrogens (tertiary/aromatic N) is 6. The third-order valence-electron chi connectivity index (χ3n) is 17.2. The van der Waals surface area contributed by atoms with Crippen LogP contribution in [0.25, 0.3) is 0 Å². The molecule has 2 aromatic rings. The molecule has 0 aromatic heterocycles. The molecular formula is C60H82N6O14. The molecule has 3 saturated heterocycles. The van der Waals surface area contributed by atoms with Crippen LogP contribution in [0.1, 0.15) is 102 Å². The average Bonchev–Trinajstić information content (AvgIpc) is 4.21. The summed E-state index contributed by atoms with van der Waals surface area (Å²) in [6, 6.07) is 10.5. The zero-order valence-corrected chi connectivity index (χ0v) is 47.5. The minimum Gasteiger partial charge on any atom is -0.451 e. The predicted molar refractivity (Wildman–Crippen MR) is 293 cm³/mol. The van der Waals surface area contributed by atoms with Crippen LogP contribution in [0.3, 0.4) is 0 Å². The van der Waals surface area contributed by atoms with Gasteiger partial charge >= 0.3 is 23.9 Å². The molecule has 7 fully saturated rings. The summed E-state index contributed by atoms with van der Waals surface area (Å²) in [5, 5.41) is 0. The van der Waals surface area contributed by atoms with Gasteiger partial charge in [-0.2, -0.15) is 0 Å². The van der Waals surface area contributed by atoms with Gasteiger partial charge in [0.25, 0.3) is 23.6 Å². The number of likely N-dealkylation sites (N-methyl/N-ethyl adjacent to an activating group) is 4. The summed E-state index contributed by atoms with van der Waals surface area (Å²) in [6.07, 6.45) is 1.55. The third-order valence-corrected chi connectivity index (χ3v) is 17.2. The van der Waals surface area contributed by atoms with E-state index in [1.807, 2.05) is 48.5 Å². The van der Waals surface area contributed by atoms with Crippen molar-refractivity contribution in [2.45, 2.75) is 152 Å². The van der Waals surface area contributed by atoms with Crippen LogP contribution in [-0.2, 0) is 79.6 Å².